The van der Waals surface area contributed by atoms with Crippen molar-refractivity contribution in [1.82, 2.24) is 14.7 Å². The quantitative estimate of drug-likeness (QED) is 0.296. The summed E-state index contributed by atoms with van der Waals surface area (Å²) in [6.45, 7) is 3.50. The Labute approximate surface area is 210 Å². The maximum Gasteiger partial charge on any atom is 0.288 e. The number of aromatic nitrogens is 2. The smallest absolute Gasteiger partial charge is 0.288 e. The van der Waals surface area contributed by atoms with Crippen LogP contribution < -0.4 is 9.47 Å². The second-order valence-corrected chi connectivity index (χ2v) is 9.00. The maximum atomic E-state index is 5.90. The van der Waals surface area contributed by atoms with Gasteiger partial charge < -0.3 is 13.9 Å². The van der Waals surface area contributed by atoms with Gasteiger partial charge in [0.1, 0.15) is 0 Å². The molecule has 0 N–H and O–H groups in total. The molecule has 0 aliphatic carbocycles. The van der Waals surface area contributed by atoms with E-state index in [0.29, 0.717) is 17.4 Å². The molecule has 35 heavy (non-hydrogen) atoms. The van der Waals surface area contributed by atoms with Gasteiger partial charge in [0, 0.05) is 12.1 Å². The van der Waals surface area contributed by atoms with Crippen molar-refractivity contribution >= 4 is 12.2 Å². The van der Waals surface area contributed by atoms with E-state index in [1.54, 1.807) is 18.9 Å². The van der Waals surface area contributed by atoms with Crippen molar-refractivity contribution < 1.29 is 13.9 Å². The lowest BCUT2D eigenvalue weighted by atomic mass is 9.88. The van der Waals surface area contributed by atoms with Crippen LogP contribution >= 0.6 is 12.2 Å². The first kappa shape index (κ1) is 23.3. The molecular weight excluding hydrogens is 458 g/mol. The molecule has 7 heteroatoms. The fourth-order valence-corrected chi connectivity index (χ4v) is 4.92. The predicted molar refractivity (Wildman–Crippen MR) is 138 cm³/mol. The van der Waals surface area contributed by atoms with Gasteiger partial charge in [-0.1, -0.05) is 49.4 Å². The van der Waals surface area contributed by atoms with Crippen molar-refractivity contribution in [2.75, 3.05) is 20.8 Å². The Balaban J connectivity index is 1.51. The highest BCUT2D eigenvalue weighted by molar-refractivity contribution is 7.71. The topological polar surface area (TPSA) is 52.7 Å². The molecule has 1 aromatic heterocycles. The largest absolute Gasteiger partial charge is 0.493 e. The Morgan fingerprint density at radius 1 is 1.00 bits per heavy atom. The average Bonchev–Trinajstić information content (AvgIpc) is 3.28. The number of benzene rings is 3. The fraction of sp³-hybridized carbons (Fsp3) is 0.286. The van der Waals surface area contributed by atoms with Crippen molar-refractivity contribution in [1.29, 1.82) is 0 Å². The van der Waals surface area contributed by atoms with Gasteiger partial charge in [0.2, 0.25) is 5.89 Å². The van der Waals surface area contributed by atoms with Crippen LogP contribution in [0.15, 0.2) is 71.1 Å². The Kier molecular flexibility index (Phi) is 6.70. The summed E-state index contributed by atoms with van der Waals surface area (Å²) < 4.78 is 18.9. The number of nitrogens with zero attached hydrogens (tertiary/aromatic N) is 3. The van der Waals surface area contributed by atoms with Crippen LogP contribution in [-0.4, -0.2) is 35.4 Å². The molecule has 4 aromatic rings. The van der Waals surface area contributed by atoms with E-state index in [-0.39, 0.29) is 6.04 Å². The molecule has 180 valence electrons. The van der Waals surface area contributed by atoms with Crippen LogP contribution in [0.25, 0.3) is 11.5 Å². The second-order valence-electron chi connectivity index (χ2n) is 8.65. The molecule has 0 radical (unpaired) electrons. The number of fused-ring (bicyclic) bond motifs is 1. The molecule has 0 bridgehead atoms. The zero-order valence-corrected chi connectivity index (χ0v) is 21.0. The third kappa shape index (κ3) is 4.61. The number of aryl methyl sites for hydroxylation is 1. The van der Waals surface area contributed by atoms with Crippen LogP contribution in [0.3, 0.4) is 0 Å². The predicted octanol–water partition coefficient (Wildman–Crippen LogP) is 6.06. The van der Waals surface area contributed by atoms with E-state index in [9.17, 15) is 0 Å². The van der Waals surface area contributed by atoms with E-state index >= 15 is 0 Å². The number of methoxy groups -OCH3 is 2. The van der Waals surface area contributed by atoms with Crippen LogP contribution in [0.5, 0.6) is 11.5 Å². The molecule has 0 spiro atoms. The van der Waals surface area contributed by atoms with E-state index in [0.717, 1.165) is 36.4 Å². The number of ether oxygens (including phenoxy) is 2. The summed E-state index contributed by atoms with van der Waals surface area (Å²) >= 11 is 5.57. The van der Waals surface area contributed by atoms with Gasteiger partial charge in [-0.2, -0.15) is 0 Å². The van der Waals surface area contributed by atoms with Gasteiger partial charge in [0.25, 0.3) is 4.84 Å². The molecule has 1 aliphatic rings. The monoisotopic (exact) mass is 487 g/mol. The van der Waals surface area contributed by atoms with Gasteiger partial charge in [-0.05, 0) is 71.6 Å². The lowest BCUT2D eigenvalue weighted by Crippen LogP contribution is -2.37. The minimum Gasteiger partial charge on any atom is -0.493 e. The molecule has 0 fully saturated rings. The summed E-state index contributed by atoms with van der Waals surface area (Å²) in [6, 6.07) is 23.0. The van der Waals surface area contributed by atoms with Crippen LogP contribution in [0.4, 0.5) is 0 Å². The normalized spacial score (nSPS) is 15.6. The fourth-order valence-electron chi connectivity index (χ4n) is 4.74. The molecule has 1 aliphatic heterocycles. The van der Waals surface area contributed by atoms with Gasteiger partial charge in [0.15, 0.2) is 11.5 Å². The third-order valence-electron chi connectivity index (χ3n) is 6.62. The summed E-state index contributed by atoms with van der Waals surface area (Å²) in [5, 5.41) is 4.73. The maximum absolute atomic E-state index is 5.90. The highest BCUT2D eigenvalue weighted by Gasteiger charge is 2.31. The Bertz CT molecular complexity index is 1360. The SMILES string of the molecule is CCc1ccc(-c2nn(CN3CCc4cc(OC)c(OC)cc4C3c3ccccc3)c(=S)o2)cc1. The lowest BCUT2D eigenvalue weighted by molar-refractivity contribution is 0.153. The molecule has 0 saturated carbocycles. The lowest BCUT2D eigenvalue weighted by Gasteiger charge is -2.37. The van der Waals surface area contributed by atoms with Gasteiger partial charge >= 0.3 is 0 Å². The number of hydrogen-bond acceptors (Lipinski definition) is 6. The zero-order chi connectivity index (χ0) is 24.4. The van der Waals surface area contributed by atoms with Gasteiger partial charge in [-0.15, -0.1) is 5.10 Å². The Hall–Kier alpha value is -3.42. The summed E-state index contributed by atoms with van der Waals surface area (Å²) in [5.74, 6) is 2.02. The standard InChI is InChI=1S/C28H29N3O3S/c1-4-19-10-12-21(13-11-19)27-29-31(28(35)34-27)18-30-15-14-22-16-24(32-2)25(33-3)17-23(22)26(30)20-8-6-5-7-9-20/h5-13,16-17,26H,4,14-15,18H2,1-3H3. The van der Waals surface area contributed by atoms with Crippen molar-refractivity contribution in [3.05, 3.63) is 93.8 Å². The van der Waals surface area contributed by atoms with Crippen LogP contribution in [0.1, 0.15) is 35.2 Å². The van der Waals surface area contributed by atoms with Crippen LogP contribution in [0.2, 0.25) is 0 Å². The molecule has 0 saturated heterocycles. The van der Waals surface area contributed by atoms with Crippen molar-refractivity contribution in [2.45, 2.75) is 32.5 Å². The second kappa shape index (κ2) is 10.1. The summed E-state index contributed by atoms with van der Waals surface area (Å²) in [6.07, 6.45) is 1.88. The third-order valence-corrected chi connectivity index (χ3v) is 6.91. The zero-order valence-electron chi connectivity index (χ0n) is 20.2. The summed E-state index contributed by atoms with van der Waals surface area (Å²) in [7, 11) is 3.35. The molecule has 0 amide bonds. The molecule has 3 aromatic carbocycles. The number of hydrogen-bond donors (Lipinski definition) is 0. The minimum absolute atomic E-state index is 0.0191. The van der Waals surface area contributed by atoms with Crippen LogP contribution in [0, 0.1) is 4.84 Å². The van der Waals surface area contributed by atoms with E-state index in [4.69, 9.17) is 31.2 Å². The van der Waals surface area contributed by atoms with Crippen LogP contribution in [-0.2, 0) is 19.5 Å². The molecule has 5 rings (SSSR count). The van der Waals surface area contributed by atoms with Gasteiger partial charge in [-0.3, -0.25) is 4.90 Å². The van der Waals surface area contributed by atoms with E-state index in [1.165, 1.54) is 22.3 Å². The summed E-state index contributed by atoms with van der Waals surface area (Å²) in [5.41, 5.74) is 5.86. The van der Waals surface area contributed by atoms with E-state index in [1.807, 2.05) is 18.2 Å². The highest BCUT2D eigenvalue weighted by atomic mass is 32.1. The first-order valence-electron chi connectivity index (χ1n) is 11.8. The molecule has 6 nitrogen and oxygen atoms in total. The van der Waals surface area contributed by atoms with E-state index < -0.39 is 0 Å². The van der Waals surface area contributed by atoms with Crippen molar-refractivity contribution in [3.8, 4) is 23.0 Å². The van der Waals surface area contributed by atoms with Crippen molar-refractivity contribution in [3.63, 3.8) is 0 Å². The minimum atomic E-state index is 0.0191. The first-order valence-corrected chi connectivity index (χ1v) is 12.2. The molecule has 1 atom stereocenters. The Morgan fingerprint density at radius 3 is 2.40 bits per heavy atom. The van der Waals surface area contributed by atoms with Crippen molar-refractivity contribution in [2.24, 2.45) is 0 Å². The first-order chi connectivity index (χ1) is 17.1. The highest BCUT2D eigenvalue weighted by Crippen LogP contribution is 2.41. The van der Waals surface area contributed by atoms with E-state index in [2.05, 4.69) is 60.4 Å². The van der Waals surface area contributed by atoms with Gasteiger partial charge in [-0.25, -0.2) is 4.68 Å². The van der Waals surface area contributed by atoms with Gasteiger partial charge in [0.05, 0.1) is 26.9 Å². The average molecular weight is 488 g/mol. The summed E-state index contributed by atoms with van der Waals surface area (Å²) in [4.78, 5) is 2.75. The molecule has 2 heterocycles. The molecular formula is C28H29N3O3S. The Morgan fingerprint density at radius 2 is 1.71 bits per heavy atom. The molecule has 1 unspecified atom stereocenters. The number of rotatable bonds is 7.